The van der Waals surface area contributed by atoms with Gasteiger partial charge in [0.25, 0.3) is 0 Å². The van der Waals surface area contributed by atoms with E-state index in [9.17, 15) is 18.0 Å². The highest BCUT2D eigenvalue weighted by atomic mass is 32.1. The topological polar surface area (TPSA) is 54.0 Å². The molecule has 1 aromatic heterocycles. The summed E-state index contributed by atoms with van der Waals surface area (Å²) >= 11 is 1.23. The Kier molecular flexibility index (Phi) is 4.27. The number of carbonyl (C=O) groups is 1. The molecule has 2 heterocycles. The maximum Gasteiger partial charge on any atom is 0.416 e. The number of nitrogens with zero attached hydrogens (tertiary/aromatic N) is 1. The molecule has 2 aromatic rings. The van der Waals surface area contributed by atoms with Crippen LogP contribution in [0, 0.1) is 11.3 Å². The van der Waals surface area contributed by atoms with Crippen molar-refractivity contribution >= 4 is 22.4 Å². The van der Waals surface area contributed by atoms with Crippen LogP contribution in [0.5, 0.6) is 0 Å². The molecular weight excluding hydrogens is 363 g/mol. The van der Waals surface area contributed by atoms with Crippen LogP contribution in [0.1, 0.15) is 24.8 Å². The van der Waals surface area contributed by atoms with Crippen LogP contribution in [-0.4, -0.2) is 24.0 Å². The first-order valence-corrected chi connectivity index (χ1v) is 9.40. The quantitative estimate of drug-likeness (QED) is 0.840. The summed E-state index contributed by atoms with van der Waals surface area (Å²) in [4.78, 5) is 16.8. The zero-order chi connectivity index (χ0) is 18.4. The second-order valence-electron chi connectivity index (χ2n) is 6.97. The molecule has 1 saturated carbocycles. The molecule has 1 spiro atoms. The number of rotatable bonds is 3. The summed E-state index contributed by atoms with van der Waals surface area (Å²) in [6.07, 6.45) is -1.46. The minimum absolute atomic E-state index is 0.0190. The van der Waals surface area contributed by atoms with Crippen LogP contribution in [0.2, 0.25) is 0 Å². The second-order valence-corrected chi connectivity index (χ2v) is 7.83. The average molecular weight is 381 g/mol. The summed E-state index contributed by atoms with van der Waals surface area (Å²) in [6, 6.07) is 5.05. The Morgan fingerprint density at radius 1 is 1.31 bits per heavy atom. The number of nitrogens with one attached hydrogen (secondary N) is 2. The van der Waals surface area contributed by atoms with Gasteiger partial charge in [-0.2, -0.15) is 13.2 Å². The zero-order valence-electron chi connectivity index (χ0n) is 13.9. The summed E-state index contributed by atoms with van der Waals surface area (Å²) in [6.45, 7) is 1.89. The number of carbonyl (C=O) groups excluding carboxylic acids is 1. The summed E-state index contributed by atoms with van der Waals surface area (Å²) < 4.78 is 38.6. The monoisotopic (exact) mass is 381 g/mol. The summed E-state index contributed by atoms with van der Waals surface area (Å²) in [7, 11) is 0. The molecule has 2 N–H and O–H groups in total. The van der Waals surface area contributed by atoms with Gasteiger partial charge in [0.15, 0.2) is 5.13 Å². The van der Waals surface area contributed by atoms with Gasteiger partial charge in [-0.25, -0.2) is 4.98 Å². The van der Waals surface area contributed by atoms with E-state index in [-0.39, 0.29) is 17.2 Å². The first-order chi connectivity index (χ1) is 12.4. The Hall–Kier alpha value is -1.93. The van der Waals surface area contributed by atoms with Crippen LogP contribution >= 0.6 is 11.3 Å². The molecule has 26 heavy (non-hydrogen) atoms. The maximum atomic E-state index is 12.9. The molecule has 1 aliphatic heterocycles. The van der Waals surface area contributed by atoms with Gasteiger partial charge < -0.3 is 10.6 Å². The van der Waals surface area contributed by atoms with Gasteiger partial charge in [0, 0.05) is 16.9 Å². The van der Waals surface area contributed by atoms with Crippen molar-refractivity contribution in [1.82, 2.24) is 10.3 Å². The van der Waals surface area contributed by atoms with Crippen LogP contribution in [0.25, 0.3) is 11.3 Å². The number of amides is 1. The fraction of sp³-hybridized carbons (Fsp3) is 0.444. The molecule has 1 saturated heterocycles. The van der Waals surface area contributed by atoms with Crippen LogP contribution < -0.4 is 10.6 Å². The SMILES string of the molecule is O=C(Nc1nc(-c2cccc(C(F)(F)F)c2)cs1)C1CC12CCNCC2. The third-order valence-corrected chi connectivity index (χ3v) is 6.08. The van der Waals surface area contributed by atoms with E-state index in [0.717, 1.165) is 44.5 Å². The Bertz CT molecular complexity index is 827. The molecule has 2 aliphatic rings. The van der Waals surface area contributed by atoms with Crippen molar-refractivity contribution in [3.63, 3.8) is 0 Å². The fourth-order valence-electron chi connectivity index (χ4n) is 3.71. The zero-order valence-corrected chi connectivity index (χ0v) is 14.7. The molecule has 138 valence electrons. The molecule has 1 aliphatic carbocycles. The molecule has 1 atom stereocenters. The van der Waals surface area contributed by atoms with E-state index in [1.54, 1.807) is 11.4 Å². The molecule has 1 amide bonds. The van der Waals surface area contributed by atoms with E-state index < -0.39 is 11.7 Å². The molecule has 0 bridgehead atoms. The lowest BCUT2D eigenvalue weighted by atomic mass is 9.92. The highest BCUT2D eigenvalue weighted by Crippen LogP contribution is 2.58. The largest absolute Gasteiger partial charge is 0.416 e. The molecule has 1 unspecified atom stereocenters. The molecule has 1 aromatic carbocycles. The Labute approximate surface area is 152 Å². The maximum absolute atomic E-state index is 12.9. The van der Waals surface area contributed by atoms with Gasteiger partial charge in [0.1, 0.15) is 0 Å². The minimum Gasteiger partial charge on any atom is -0.317 e. The van der Waals surface area contributed by atoms with Crippen LogP contribution in [0.4, 0.5) is 18.3 Å². The van der Waals surface area contributed by atoms with Crippen molar-refractivity contribution in [2.24, 2.45) is 11.3 Å². The molecule has 8 heteroatoms. The van der Waals surface area contributed by atoms with Gasteiger partial charge in [-0.15, -0.1) is 11.3 Å². The predicted octanol–water partition coefficient (Wildman–Crippen LogP) is 4.16. The van der Waals surface area contributed by atoms with Crippen molar-refractivity contribution in [1.29, 1.82) is 0 Å². The molecular formula is C18H18F3N3OS. The number of halogens is 3. The van der Waals surface area contributed by atoms with Crippen LogP contribution in [0.3, 0.4) is 0 Å². The van der Waals surface area contributed by atoms with Crippen molar-refractivity contribution in [3.05, 3.63) is 35.2 Å². The van der Waals surface area contributed by atoms with E-state index in [1.807, 2.05) is 0 Å². The number of hydrogen-bond donors (Lipinski definition) is 2. The minimum atomic E-state index is -4.39. The fourth-order valence-corrected chi connectivity index (χ4v) is 4.43. The summed E-state index contributed by atoms with van der Waals surface area (Å²) in [5.74, 6) is -0.0117. The lowest BCUT2D eigenvalue weighted by Gasteiger charge is -2.22. The average Bonchev–Trinajstić information content (AvgIpc) is 3.10. The lowest BCUT2D eigenvalue weighted by Crippen LogP contribution is -2.31. The summed E-state index contributed by atoms with van der Waals surface area (Å²) in [5.41, 5.74) is 0.247. The van der Waals surface area contributed by atoms with Gasteiger partial charge in [0.05, 0.1) is 11.3 Å². The smallest absolute Gasteiger partial charge is 0.317 e. The van der Waals surface area contributed by atoms with Crippen LogP contribution in [0.15, 0.2) is 29.6 Å². The van der Waals surface area contributed by atoms with Gasteiger partial charge in [-0.3, -0.25) is 4.79 Å². The first-order valence-electron chi connectivity index (χ1n) is 8.52. The van der Waals surface area contributed by atoms with Crippen molar-refractivity contribution < 1.29 is 18.0 Å². The Morgan fingerprint density at radius 3 is 2.81 bits per heavy atom. The second kappa shape index (κ2) is 6.35. The number of piperidine rings is 1. The number of hydrogen-bond acceptors (Lipinski definition) is 4. The van der Waals surface area contributed by atoms with Crippen molar-refractivity contribution in [2.75, 3.05) is 18.4 Å². The number of thiazole rings is 1. The highest BCUT2D eigenvalue weighted by Gasteiger charge is 2.57. The highest BCUT2D eigenvalue weighted by molar-refractivity contribution is 7.14. The third kappa shape index (κ3) is 3.35. The molecule has 2 fully saturated rings. The Morgan fingerprint density at radius 2 is 2.08 bits per heavy atom. The van der Waals surface area contributed by atoms with Crippen LogP contribution in [-0.2, 0) is 11.0 Å². The van der Waals surface area contributed by atoms with Gasteiger partial charge in [-0.1, -0.05) is 12.1 Å². The molecule has 4 rings (SSSR count). The first kappa shape index (κ1) is 17.5. The lowest BCUT2D eigenvalue weighted by molar-refractivity contribution is -0.137. The van der Waals surface area contributed by atoms with E-state index in [4.69, 9.17) is 0 Å². The standard InChI is InChI=1S/C18H18F3N3OS/c19-18(20,21)12-3-1-2-11(8-12)14-10-26-16(23-14)24-15(25)13-9-17(13)4-6-22-7-5-17/h1-3,8,10,13,22H,4-7,9H2,(H,23,24,25). The number of aromatic nitrogens is 1. The van der Waals surface area contributed by atoms with Gasteiger partial charge >= 0.3 is 6.18 Å². The molecule has 4 nitrogen and oxygen atoms in total. The van der Waals surface area contributed by atoms with E-state index in [1.165, 1.54) is 17.4 Å². The Balaban J connectivity index is 1.45. The van der Waals surface area contributed by atoms with Gasteiger partial charge in [-0.05, 0) is 49.9 Å². The number of alkyl halides is 3. The van der Waals surface area contributed by atoms with E-state index in [2.05, 4.69) is 15.6 Å². The van der Waals surface area contributed by atoms with Gasteiger partial charge in [0.2, 0.25) is 5.91 Å². The summed E-state index contributed by atoms with van der Waals surface area (Å²) in [5, 5.41) is 8.23. The number of benzene rings is 1. The normalized spacial score (nSPS) is 21.6. The van der Waals surface area contributed by atoms with Crippen molar-refractivity contribution in [2.45, 2.75) is 25.4 Å². The van der Waals surface area contributed by atoms with E-state index >= 15 is 0 Å². The number of anilines is 1. The third-order valence-electron chi connectivity index (χ3n) is 5.33. The van der Waals surface area contributed by atoms with Crippen molar-refractivity contribution in [3.8, 4) is 11.3 Å². The molecule has 0 radical (unpaired) electrons. The predicted molar refractivity (Wildman–Crippen MR) is 93.8 cm³/mol. The van der Waals surface area contributed by atoms with E-state index in [0.29, 0.717) is 16.4 Å².